The van der Waals surface area contributed by atoms with E-state index in [1.807, 2.05) is 73.7 Å². The van der Waals surface area contributed by atoms with Crippen molar-refractivity contribution >= 4 is 27.5 Å². The number of hydrogen-bond acceptors (Lipinski definition) is 4. The molecule has 0 bridgehead atoms. The van der Waals surface area contributed by atoms with Gasteiger partial charge in [-0.2, -0.15) is 0 Å². The average molecular weight is 666 g/mol. The fourth-order valence-electron chi connectivity index (χ4n) is 6.38. The molecule has 0 aliphatic heterocycles. The lowest BCUT2D eigenvalue weighted by molar-refractivity contribution is -0.140. The fourth-order valence-corrected chi connectivity index (χ4v) is 7.81. The van der Waals surface area contributed by atoms with Crippen molar-refractivity contribution in [2.75, 3.05) is 10.8 Å². The Balaban J connectivity index is 1.56. The second-order valence-corrected chi connectivity index (χ2v) is 15.0. The quantitative estimate of drug-likeness (QED) is 0.161. The van der Waals surface area contributed by atoms with Gasteiger partial charge in [-0.25, -0.2) is 8.42 Å². The van der Waals surface area contributed by atoms with Gasteiger partial charge in [0.1, 0.15) is 12.6 Å². The minimum atomic E-state index is -4.14. The number of sulfonamides is 1. The molecule has 8 heteroatoms. The number of aryl methyl sites for hydroxylation is 1. The molecular weight excluding hydrogens is 619 g/mol. The summed E-state index contributed by atoms with van der Waals surface area (Å²) in [7, 11) is -4.14. The van der Waals surface area contributed by atoms with E-state index in [1.54, 1.807) is 35.2 Å². The van der Waals surface area contributed by atoms with Crippen LogP contribution in [0.2, 0.25) is 0 Å². The zero-order valence-electron chi connectivity index (χ0n) is 28.2. The van der Waals surface area contributed by atoms with E-state index in [2.05, 4.69) is 19.2 Å². The normalized spacial score (nSPS) is 14.3. The zero-order valence-corrected chi connectivity index (χ0v) is 29.0. The Bertz CT molecular complexity index is 1750. The summed E-state index contributed by atoms with van der Waals surface area (Å²) in [5, 5.41) is 3.26. The molecule has 1 aliphatic rings. The molecule has 0 spiro atoms. The lowest BCUT2D eigenvalue weighted by Gasteiger charge is -2.35. The molecule has 1 fully saturated rings. The summed E-state index contributed by atoms with van der Waals surface area (Å²) in [6.45, 7) is 5.83. The van der Waals surface area contributed by atoms with E-state index in [9.17, 15) is 18.0 Å². The highest BCUT2D eigenvalue weighted by molar-refractivity contribution is 7.92. The number of nitrogens with one attached hydrogen (secondary N) is 1. The number of carbonyl (C=O) groups is 2. The summed E-state index contributed by atoms with van der Waals surface area (Å²) >= 11 is 0. The largest absolute Gasteiger partial charge is 0.352 e. The molecular formula is C40H47N3O4S. The van der Waals surface area contributed by atoms with Gasteiger partial charge in [-0.05, 0) is 66.6 Å². The second kappa shape index (κ2) is 16.1. The van der Waals surface area contributed by atoms with Crippen molar-refractivity contribution in [1.29, 1.82) is 0 Å². The van der Waals surface area contributed by atoms with Gasteiger partial charge in [0.2, 0.25) is 11.8 Å². The highest BCUT2D eigenvalue weighted by Crippen LogP contribution is 2.27. The number of amides is 2. The third-order valence-corrected chi connectivity index (χ3v) is 10.9. The number of hydrogen-bond donors (Lipinski definition) is 1. The molecule has 7 nitrogen and oxygen atoms in total. The molecule has 5 rings (SSSR count). The molecule has 1 aliphatic carbocycles. The highest BCUT2D eigenvalue weighted by atomic mass is 32.2. The molecule has 1 N–H and O–H groups in total. The number of anilines is 1. The van der Waals surface area contributed by atoms with E-state index in [0.29, 0.717) is 12.1 Å². The van der Waals surface area contributed by atoms with Crippen LogP contribution in [0.3, 0.4) is 0 Å². The van der Waals surface area contributed by atoms with Crippen molar-refractivity contribution in [3.05, 3.63) is 131 Å². The fraction of sp³-hybridized carbons (Fsp3) is 0.350. The third-order valence-electron chi connectivity index (χ3n) is 9.12. The highest BCUT2D eigenvalue weighted by Gasteiger charge is 2.35. The van der Waals surface area contributed by atoms with E-state index >= 15 is 0 Å². The molecule has 0 radical (unpaired) electrons. The van der Waals surface area contributed by atoms with E-state index in [1.165, 1.54) is 16.4 Å². The summed E-state index contributed by atoms with van der Waals surface area (Å²) in [4.78, 5) is 30.7. The van der Waals surface area contributed by atoms with Gasteiger partial charge in [-0.15, -0.1) is 0 Å². The van der Waals surface area contributed by atoms with Crippen LogP contribution in [0, 0.1) is 6.92 Å². The monoisotopic (exact) mass is 665 g/mol. The second-order valence-electron chi connectivity index (χ2n) is 13.1. The molecule has 48 heavy (non-hydrogen) atoms. The lowest BCUT2D eigenvalue weighted by Crippen LogP contribution is -2.55. The molecule has 0 heterocycles. The summed E-state index contributed by atoms with van der Waals surface area (Å²) in [5.41, 5.74) is 4.26. The Hall–Kier alpha value is -4.43. The molecule has 2 amide bonds. The molecule has 1 saturated carbocycles. The Morgan fingerprint density at radius 3 is 2.04 bits per heavy atom. The van der Waals surface area contributed by atoms with Crippen LogP contribution in [0.5, 0.6) is 0 Å². The number of nitrogens with zero attached hydrogens (tertiary/aromatic N) is 2. The van der Waals surface area contributed by atoms with Crippen LogP contribution in [-0.4, -0.2) is 43.8 Å². The van der Waals surface area contributed by atoms with Gasteiger partial charge in [0.05, 0.1) is 10.6 Å². The van der Waals surface area contributed by atoms with Crippen LogP contribution in [0.25, 0.3) is 0 Å². The number of benzene rings is 4. The van der Waals surface area contributed by atoms with Crippen molar-refractivity contribution in [2.45, 2.75) is 88.7 Å². The molecule has 252 valence electrons. The summed E-state index contributed by atoms with van der Waals surface area (Å²) in [6, 6.07) is 32.2. The van der Waals surface area contributed by atoms with E-state index in [-0.39, 0.29) is 29.3 Å². The minimum Gasteiger partial charge on any atom is -0.352 e. The van der Waals surface area contributed by atoms with Gasteiger partial charge >= 0.3 is 0 Å². The first kappa shape index (κ1) is 34.9. The van der Waals surface area contributed by atoms with Gasteiger partial charge in [0, 0.05) is 19.0 Å². The molecule has 4 aromatic carbocycles. The first-order valence-electron chi connectivity index (χ1n) is 17.0. The molecule has 0 saturated heterocycles. The predicted molar refractivity (Wildman–Crippen MR) is 192 cm³/mol. The smallest absolute Gasteiger partial charge is 0.264 e. The SMILES string of the molecule is Cc1cccc(CN(C(=O)CN(c2ccc(C(C)C)cc2)S(=O)(=O)c2ccccc2)[C@@H](Cc2ccccc2)C(=O)NC2CCCCC2)c1. The minimum absolute atomic E-state index is 0.0508. The molecule has 0 unspecified atom stereocenters. The molecule has 0 aromatic heterocycles. The lowest BCUT2D eigenvalue weighted by atomic mass is 9.94. The number of carbonyl (C=O) groups excluding carboxylic acids is 2. The number of rotatable bonds is 13. The van der Waals surface area contributed by atoms with E-state index in [4.69, 9.17) is 0 Å². The van der Waals surface area contributed by atoms with E-state index < -0.39 is 28.5 Å². The Morgan fingerprint density at radius 1 is 0.792 bits per heavy atom. The maximum Gasteiger partial charge on any atom is 0.264 e. The Labute approximate surface area is 286 Å². The van der Waals surface area contributed by atoms with Gasteiger partial charge in [0.25, 0.3) is 10.0 Å². The van der Waals surface area contributed by atoms with Gasteiger partial charge in [0.15, 0.2) is 0 Å². The summed E-state index contributed by atoms with van der Waals surface area (Å²) < 4.78 is 29.7. The van der Waals surface area contributed by atoms with Crippen LogP contribution in [-0.2, 0) is 32.6 Å². The molecule has 1 atom stereocenters. The Morgan fingerprint density at radius 2 is 1.42 bits per heavy atom. The van der Waals surface area contributed by atoms with Crippen molar-refractivity contribution in [3.8, 4) is 0 Å². The van der Waals surface area contributed by atoms with Crippen molar-refractivity contribution in [2.24, 2.45) is 0 Å². The van der Waals surface area contributed by atoms with Gasteiger partial charge in [-0.3, -0.25) is 13.9 Å². The molecule has 4 aromatic rings. The van der Waals surface area contributed by atoms with Crippen LogP contribution < -0.4 is 9.62 Å². The van der Waals surface area contributed by atoms with Crippen molar-refractivity contribution in [1.82, 2.24) is 10.2 Å². The zero-order chi connectivity index (χ0) is 34.1. The van der Waals surface area contributed by atoms with Crippen LogP contribution >= 0.6 is 0 Å². The maximum absolute atomic E-state index is 14.7. The Kier molecular flexibility index (Phi) is 11.7. The van der Waals surface area contributed by atoms with Crippen molar-refractivity contribution in [3.63, 3.8) is 0 Å². The van der Waals surface area contributed by atoms with Gasteiger partial charge < -0.3 is 10.2 Å². The topological polar surface area (TPSA) is 86.8 Å². The van der Waals surface area contributed by atoms with E-state index in [0.717, 1.165) is 54.4 Å². The van der Waals surface area contributed by atoms with Crippen LogP contribution in [0.4, 0.5) is 5.69 Å². The summed E-state index contributed by atoms with van der Waals surface area (Å²) in [6.07, 6.45) is 5.38. The average Bonchev–Trinajstić information content (AvgIpc) is 3.10. The summed E-state index contributed by atoms with van der Waals surface area (Å²) in [5.74, 6) is -0.416. The first-order chi connectivity index (χ1) is 23.1. The van der Waals surface area contributed by atoms with Crippen LogP contribution in [0.1, 0.15) is 74.1 Å². The van der Waals surface area contributed by atoms with Crippen molar-refractivity contribution < 1.29 is 18.0 Å². The standard InChI is InChI=1S/C40H47N3O4S/c1-30(2)34-22-24-36(25-23-34)43(48(46,47)37-20-11-6-12-21-37)29-39(44)42(28-33-17-13-14-31(3)26-33)38(27-32-15-7-4-8-16-32)40(45)41-35-18-9-5-10-19-35/h4,6-8,11-17,20-26,30,35,38H,5,9-10,18-19,27-29H2,1-3H3,(H,41,45)/t38-/m0/s1. The van der Waals surface area contributed by atoms with Gasteiger partial charge in [-0.1, -0.05) is 124 Å². The maximum atomic E-state index is 14.7. The first-order valence-corrected chi connectivity index (χ1v) is 18.4. The predicted octanol–water partition coefficient (Wildman–Crippen LogP) is 7.40. The third kappa shape index (κ3) is 8.92. The van der Waals surface area contributed by atoms with Crippen LogP contribution in [0.15, 0.2) is 114 Å².